The monoisotopic (exact) mass is 382 g/mol. The van der Waals surface area contributed by atoms with Crippen LogP contribution in [0, 0.1) is 0 Å². The lowest BCUT2D eigenvalue weighted by Gasteiger charge is -2.21. The van der Waals surface area contributed by atoms with Crippen LogP contribution in [0.2, 0.25) is 0 Å². The van der Waals surface area contributed by atoms with E-state index < -0.39 is 5.54 Å². The average Bonchev–Trinajstić information content (AvgIpc) is 3.25. The number of carbonyl (C=O) groups is 2. The standard InChI is InChI=1S/C21H22N2O5/c1-21(10-9-14-3-6-16(26-2)7-4-14)19(24)23(20(25)22-21)12-15-5-8-17-18(11-15)28-13-27-17/h3-8,11H,9-10,12-13H2,1-2H3,(H,22,25). The van der Waals surface area contributed by atoms with E-state index in [0.29, 0.717) is 24.3 Å². The molecule has 0 saturated carbocycles. The van der Waals surface area contributed by atoms with Crippen LogP contribution in [0.1, 0.15) is 24.5 Å². The molecular weight excluding hydrogens is 360 g/mol. The van der Waals surface area contributed by atoms with Crippen LogP contribution in [0.4, 0.5) is 4.79 Å². The summed E-state index contributed by atoms with van der Waals surface area (Å²) in [6, 6.07) is 12.8. The maximum absolute atomic E-state index is 13.0. The zero-order chi connectivity index (χ0) is 19.7. The van der Waals surface area contributed by atoms with Crippen LogP contribution in [0.25, 0.3) is 0 Å². The van der Waals surface area contributed by atoms with E-state index in [2.05, 4.69) is 5.32 Å². The quantitative estimate of drug-likeness (QED) is 0.778. The van der Waals surface area contributed by atoms with Crippen LogP contribution in [-0.4, -0.2) is 36.3 Å². The Bertz CT molecular complexity index is 912. The first kappa shape index (κ1) is 18.2. The van der Waals surface area contributed by atoms with Crippen LogP contribution < -0.4 is 19.5 Å². The molecule has 7 heteroatoms. The lowest BCUT2D eigenvalue weighted by Crippen LogP contribution is -2.44. The number of imide groups is 1. The third-order valence-electron chi connectivity index (χ3n) is 5.20. The van der Waals surface area contributed by atoms with Crippen molar-refractivity contribution in [2.24, 2.45) is 0 Å². The molecule has 2 aliphatic rings. The molecule has 28 heavy (non-hydrogen) atoms. The van der Waals surface area contributed by atoms with Gasteiger partial charge in [0, 0.05) is 0 Å². The van der Waals surface area contributed by atoms with Gasteiger partial charge >= 0.3 is 6.03 Å². The SMILES string of the molecule is COc1ccc(CCC2(C)NC(=O)N(Cc3ccc4c(c3)OCO4)C2=O)cc1. The second kappa shape index (κ2) is 7.07. The van der Waals surface area contributed by atoms with Crippen molar-refractivity contribution >= 4 is 11.9 Å². The zero-order valence-electron chi connectivity index (χ0n) is 15.9. The minimum atomic E-state index is -0.923. The molecule has 2 aliphatic heterocycles. The van der Waals surface area contributed by atoms with Gasteiger partial charge in [-0.1, -0.05) is 18.2 Å². The summed E-state index contributed by atoms with van der Waals surface area (Å²) >= 11 is 0. The molecular formula is C21H22N2O5. The predicted octanol–water partition coefficient (Wildman–Crippen LogP) is 2.87. The van der Waals surface area contributed by atoms with Gasteiger partial charge in [0.15, 0.2) is 11.5 Å². The summed E-state index contributed by atoms with van der Waals surface area (Å²) in [6.45, 7) is 2.15. The minimum absolute atomic E-state index is 0.186. The Hall–Kier alpha value is -3.22. The highest BCUT2D eigenvalue weighted by molar-refractivity contribution is 6.06. The molecule has 1 N–H and O–H groups in total. The highest BCUT2D eigenvalue weighted by atomic mass is 16.7. The zero-order valence-corrected chi connectivity index (χ0v) is 15.9. The first-order chi connectivity index (χ1) is 13.5. The maximum Gasteiger partial charge on any atom is 0.325 e. The molecule has 4 rings (SSSR count). The summed E-state index contributed by atoms with van der Waals surface area (Å²) in [5.74, 6) is 1.87. The minimum Gasteiger partial charge on any atom is -0.497 e. The molecule has 2 aromatic carbocycles. The van der Waals surface area contributed by atoms with Crippen LogP contribution in [-0.2, 0) is 17.8 Å². The molecule has 7 nitrogen and oxygen atoms in total. The van der Waals surface area contributed by atoms with Crippen molar-refractivity contribution in [1.82, 2.24) is 10.2 Å². The van der Waals surface area contributed by atoms with E-state index in [1.54, 1.807) is 26.2 Å². The second-order valence-corrected chi connectivity index (χ2v) is 7.19. The van der Waals surface area contributed by atoms with Crippen molar-refractivity contribution in [3.63, 3.8) is 0 Å². The first-order valence-electron chi connectivity index (χ1n) is 9.14. The molecule has 0 aliphatic carbocycles. The van der Waals surface area contributed by atoms with Crippen molar-refractivity contribution in [1.29, 1.82) is 0 Å². The average molecular weight is 382 g/mol. The van der Waals surface area contributed by atoms with Crippen LogP contribution >= 0.6 is 0 Å². The Morgan fingerprint density at radius 3 is 2.54 bits per heavy atom. The normalized spacial score (nSPS) is 20.4. The fraction of sp³-hybridized carbons (Fsp3) is 0.333. The van der Waals surface area contributed by atoms with Gasteiger partial charge in [0.05, 0.1) is 13.7 Å². The van der Waals surface area contributed by atoms with Gasteiger partial charge in [-0.3, -0.25) is 9.69 Å². The highest BCUT2D eigenvalue weighted by Crippen LogP contribution is 2.33. The summed E-state index contributed by atoms with van der Waals surface area (Å²) in [6.07, 6.45) is 1.19. The molecule has 1 fully saturated rings. The number of methoxy groups -OCH3 is 1. The summed E-state index contributed by atoms with van der Waals surface area (Å²) in [7, 11) is 1.62. The molecule has 1 unspecified atom stereocenters. The van der Waals surface area contributed by atoms with E-state index in [1.807, 2.05) is 30.3 Å². The summed E-state index contributed by atoms with van der Waals surface area (Å²) in [5, 5.41) is 2.85. The maximum atomic E-state index is 13.0. The smallest absolute Gasteiger partial charge is 0.325 e. The van der Waals surface area contributed by atoms with Gasteiger partial charge in [-0.25, -0.2) is 4.79 Å². The van der Waals surface area contributed by atoms with Gasteiger partial charge in [0.25, 0.3) is 5.91 Å². The number of nitrogens with zero attached hydrogens (tertiary/aromatic N) is 1. The topological polar surface area (TPSA) is 77.1 Å². The Morgan fingerprint density at radius 1 is 1.07 bits per heavy atom. The molecule has 2 heterocycles. The predicted molar refractivity (Wildman–Crippen MR) is 101 cm³/mol. The van der Waals surface area contributed by atoms with Gasteiger partial charge in [-0.15, -0.1) is 0 Å². The van der Waals surface area contributed by atoms with Gasteiger partial charge in [-0.2, -0.15) is 0 Å². The van der Waals surface area contributed by atoms with E-state index in [1.165, 1.54) is 4.90 Å². The number of nitrogens with one attached hydrogen (secondary N) is 1. The number of hydrogen-bond acceptors (Lipinski definition) is 5. The number of fused-ring (bicyclic) bond motifs is 1. The van der Waals surface area contributed by atoms with Crippen LogP contribution in [0.15, 0.2) is 42.5 Å². The van der Waals surface area contributed by atoms with Crippen molar-refractivity contribution in [3.8, 4) is 17.2 Å². The lowest BCUT2D eigenvalue weighted by molar-refractivity contribution is -0.131. The Labute approximate surface area is 163 Å². The number of urea groups is 1. The number of amides is 3. The number of rotatable bonds is 6. The number of aryl methyl sites for hydroxylation is 1. The van der Waals surface area contributed by atoms with Crippen molar-refractivity contribution in [3.05, 3.63) is 53.6 Å². The number of benzene rings is 2. The molecule has 0 spiro atoms. The van der Waals surface area contributed by atoms with Crippen LogP contribution in [0.3, 0.4) is 0 Å². The van der Waals surface area contributed by atoms with Gasteiger partial charge < -0.3 is 19.5 Å². The van der Waals surface area contributed by atoms with E-state index in [-0.39, 0.29) is 25.3 Å². The highest BCUT2D eigenvalue weighted by Gasteiger charge is 2.47. The largest absolute Gasteiger partial charge is 0.497 e. The summed E-state index contributed by atoms with van der Waals surface area (Å²) in [5.41, 5.74) is 0.971. The number of ether oxygens (including phenoxy) is 3. The van der Waals surface area contributed by atoms with E-state index >= 15 is 0 Å². The van der Waals surface area contributed by atoms with Crippen LogP contribution in [0.5, 0.6) is 17.2 Å². The third-order valence-corrected chi connectivity index (χ3v) is 5.20. The van der Waals surface area contributed by atoms with Gasteiger partial charge in [-0.05, 0) is 55.2 Å². The molecule has 0 radical (unpaired) electrons. The van der Waals surface area contributed by atoms with Crippen molar-refractivity contribution in [2.45, 2.75) is 31.8 Å². The van der Waals surface area contributed by atoms with E-state index in [4.69, 9.17) is 14.2 Å². The molecule has 1 saturated heterocycles. The first-order valence-corrected chi connectivity index (χ1v) is 9.14. The molecule has 0 aromatic heterocycles. The Kier molecular flexibility index (Phi) is 4.58. The third kappa shape index (κ3) is 3.35. The number of carbonyl (C=O) groups excluding carboxylic acids is 2. The molecule has 0 bridgehead atoms. The fourth-order valence-electron chi connectivity index (χ4n) is 3.47. The molecule has 2 aromatic rings. The Morgan fingerprint density at radius 2 is 1.79 bits per heavy atom. The lowest BCUT2D eigenvalue weighted by atomic mass is 9.93. The second-order valence-electron chi connectivity index (χ2n) is 7.19. The fourth-order valence-corrected chi connectivity index (χ4v) is 3.47. The van der Waals surface area contributed by atoms with Gasteiger partial charge in [0.2, 0.25) is 6.79 Å². The molecule has 146 valence electrons. The van der Waals surface area contributed by atoms with E-state index in [9.17, 15) is 9.59 Å². The Balaban J connectivity index is 1.43. The van der Waals surface area contributed by atoms with E-state index in [0.717, 1.165) is 16.9 Å². The molecule has 3 amide bonds. The van der Waals surface area contributed by atoms with Crippen molar-refractivity contribution in [2.75, 3.05) is 13.9 Å². The van der Waals surface area contributed by atoms with Crippen molar-refractivity contribution < 1.29 is 23.8 Å². The van der Waals surface area contributed by atoms with Gasteiger partial charge in [0.1, 0.15) is 11.3 Å². The number of hydrogen-bond donors (Lipinski definition) is 1. The summed E-state index contributed by atoms with van der Waals surface area (Å²) in [4.78, 5) is 26.7. The molecule has 1 atom stereocenters. The summed E-state index contributed by atoms with van der Waals surface area (Å²) < 4.78 is 15.8.